The summed E-state index contributed by atoms with van der Waals surface area (Å²) in [6.07, 6.45) is 1.18. The van der Waals surface area contributed by atoms with Gasteiger partial charge in [0, 0.05) is 24.0 Å². The molecule has 0 aliphatic carbocycles. The van der Waals surface area contributed by atoms with Crippen LogP contribution < -0.4 is 0 Å². The first kappa shape index (κ1) is 8.97. The molecule has 1 nitrogen and oxygen atoms in total. The van der Waals surface area contributed by atoms with Crippen LogP contribution >= 0.6 is 0 Å². The molecule has 0 atom stereocenters. The second-order valence-electron chi connectivity index (χ2n) is 0.418. The molecule has 0 fully saturated rings. The Morgan fingerprint density at radius 2 is 2.00 bits per heavy atom. The smallest absolute Gasteiger partial charge is 0.0294 e. The van der Waals surface area contributed by atoms with Crippen LogP contribution in [-0.4, -0.2) is 11.7 Å². The predicted molar refractivity (Wildman–Crippen MR) is 16.0 cm³/mol. The Labute approximate surface area is 42.4 Å². The Hall–Kier alpha value is 0.232. The first-order valence-corrected chi connectivity index (χ1v) is 1.06. The number of hydrogen-bond acceptors (Lipinski definition) is 1. The van der Waals surface area contributed by atoms with Crippen molar-refractivity contribution in [2.75, 3.05) is 6.61 Å². The molecule has 0 aromatic rings. The van der Waals surface area contributed by atoms with Gasteiger partial charge >= 0.3 is 0 Å². The molecule has 0 saturated heterocycles. The quantitative estimate of drug-likeness (QED) is 0.468. The van der Waals surface area contributed by atoms with E-state index in [0.29, 0.717) is 0 Å². The number of rotatable bonds is 1. The van der Waals surface area contributed by atoms with Crippen molar-refractivity contribution in [2.24, 2.45) is 0 Å². The van der Waals surface area contributed by atoms with Crippen LogP contribution in [-0.2, 0) is 17.4 Å². The van der Waals surface area contributed by atoms with E-state index in [1.54, 1.807) is 0 Å². The van der Waals surface area contributed by atoms with Crippen LogP contribution in [0, 0.1) is 6.58 Å². The summed E-state index contributed by atoms with van der Waals surface area (Å²) in [4.78, 5) is 0. The Morgan fingerprint density at radius 1 is 1.80 bits per heavy atom. The maximum Gasteiger partial charge on any atom is 0.0294 e. The fraction of sp³-hybridized carbons (Fsp3) is 0.333. The molecule has 0 bridgehead atoms. The van der Waals surface area contributed by atoms with E-state index in [1.807, 2.05) is 0 Å². The fourth-order valence-corrected chi connectivity index (χ4v) is 0. The van der Waals surface area contributed by atoms with Crippen LogP contribution in [0.5, 0.6) is 0 Å². The monoisotopic (exact) mass is 109 g/mol. The van der Waals surface area contributed by atoms with E-state index in [4.69, 9.17) is 5.11 Å². The first-order chi connectivity index (χ1) is 1.91. The molecule has 0 rings (SSSR count). The largest absolute Gasteiger partial charge is 0.516 e. The summed E-state index contributed by atoms with van der Waals surface area (Å²) in [6.45, 7) is 4.62. The summed E-state index contributed by atoms with van der Waals surface area (Å²) in [5.41, 5.74) is 0. The number of aliphatic hydroxyl groups excluding tert-OH is 1. The van der Waals surface area contributed by atoms with Gasteiger partial charge < -0.3 is 11.7 Å². The van der Waals surface area contributed by atoms with Gasteiger partial charge in [0.15, 0.2) is 0 Å². The summed E-state index contributed by atoms with van der Waals surface area (Å²) in [5.74, 6) is 0. The molecule has 0 radical (unpaired) electrons. The molecule has 0 aliphatic rings. The van der Waals surface area contributed by atoms with Crippen molar-refractivity contribution >= 4 is 0 Å². The average molecular weight is 109 g/mol. The third kappa shape index (κ3) is 13.9. The molecule has 0 heterocycles. The van der Waals surface area contributed by atoms with Gasteiger partial charge in [-0.1, -0.05) is 0 Å². The number of hydrogen-bond donors (Lipinski definition) is 1. The Balaban J connectivity index is 0. The van der Waals surface area contributed by atoms with Gasteiger partial charge in [-0.2, -0.15) is 0 Å². The van der Waals surface area contributed by atoms with Crippen molar-refractivity contribution in [1.82, 2.24) is 0 Å². The minimum Gasteiger partial charge on any atom is -0.516 e. The maximum absolute atomic E-state index is 7.69. The topological polar surface area (TPSA) is 20.2 Å². The van der Waals surface area contributed by atoms with Crippen molar-refractivity contribution in [3.63, 3.8) is 0 Å². The van der Waals surface area contributed by atoms with Gasteiger partial charge in [-0.15, -0.1) is 0 Å². The normalized spacial score (nSPS) is 5.00. The van der Waals surface area contributed by atoms with Gasteiger partial charge in [0.25, 0.3) is 0 Å². The van der Waals surface area contributed by atoms with E-state index < -0.39 is 0 Å². The summed E-state index contributed by atoms with van der Waals surface area (Å²) >= 11 is 0. The Kier molecular flexibility index (Phi) is 15.9. The van der Waals surface area contributed by atoms with E-state index in [1.165, 1.54) is 6.08 Å². The second-order valence-corrected chi connectivity index (χ2v) is 0.418. The molecule has 5 heavy (non-hydrogen) atoms. The molecule has 30 valence electrons. The van der Waals surface area contributed by atoms with Gasteiger partial charge in [-0.25, -0.2) is 6.08 Å². The van der Waals surface area contributed by atoms with E-state index in [-0.39, 0.29) is 24.0 Å². The standard InChI is InChI=1S/C3H5O.Cr/c1-2-3-4;/h1-2,4H,3H2;/q-1;. The summed E-state index contributed by atoms with van der Waals surface area (Å²) in [5, 5.41) is 7.69. The van der Waals surface area contributed by atoms with E-state index >= 15 is 0 Å². The second kappa shape index (κ2) is 8.87. The minimum absolute atomic E-state index is 0. The molecule has 2 heteroatoms. The molecule has 0 spiro atoms. The third-order valence-corrected chi connectivity index (χ3v) is 0.105. The van der Waals surface area contributed by atoms with Crippen LogP contribution in [0.2, 0.25) is 0 Å². The van der Waals surface area contributed by atoms with E-state index in [0.717, 1.165) is 0 Å². The third-order valence-electron chi connectivity index (χ3n) is 0.105. The Morgan fingerprint density at radius 3 is 2.00 bits per heavy atom. The van der Waals surface area contributed by atoms with Crippen LogP contribution in [0.25, 0.3) is 0 Å². The van der Waals surface area contributed by atoms with Crippen LogP contribution in [0.3, 0.4) is 0 Å². The van der Waals surface area contributed by atoms with Crippen molar-refractivity contribution < 1.29 is 22.5 Å². The van der Waals surface area contributed by atoms with Crippen molar-refractivity contribution in [1.29, 1.82) is 0 Å². The van der Waals surface area contributed by atoms with Crippen LogP contribution in [0.4, 0.5) is 0 Å². The molecule has 1 N–H and O–H groups in total. The maximum atomic E-state index is 7.69. The zero-order chi connectivity index (χ0) is 3.41. The minimum atomic E-state index is -0.0278. The van der Waals surface area contributed by atoms with Gasteiger partial charge in [0.2, 0.25) is 0 Å². The number of aliphatic hydroxyl groups is 1. The van der Waals surface area contributed by atoms with Gasteiger partial charge in [-0.3, -0.25) is 0 Å². The summed E-state index contributed by atoms with van der Waals surface area (Å²) in [7, 11) is 0. The molecule has 0 amide bonds. The summed E-state index contributed by atoms with van der Waals surface area (Å²) in [6, 6.07) is 0. The molecule has 0 aliphatic heterocycles. The average Bonchev–Trinajstić information content (AvgIpc) is 1.37. The molecule has 0 unspecified atom stereocenters. The first-order valence-electron chi connectivity index (χ1n) is 1.06. The molecule has 0 aromatic carbocycles. The molecule has 0 aromatic heterocycles. The van der Waals surface area contributed by atoms with Crippen molar-refractivity contribution in [3.05, 3.63) is 12.7 Å². The molecular formula is C3H5CrO-. The fourth-order valence-electron chi connectivity index (χ4n) is 0. The Bertz CT molecular complexity index is 20.9. The zero-order valence-electron chi connectivity index (χ0n) is 2.72. The summed E-state index contributed by atoms with van der Waals surface area (Å²) < 4.78 is 0. The SMILES string of the molecule is [CH-]=CCO.[Cr]. The van der Waals surface area contributed by atoms with Gasteiger partial charge in [0.1, 0.15) is 0 Å². The van der Waals surface area contributed by atoms with Crippen molar-refractivity contribution in [2.45, 2.75) is 0 Å². The van der Waals surface area contributed by atoms with Crippen LogP contribution in [0.15, 0.2) is 6.08 Å². The molecule has 0 saturated carbocycles. The zero-order valence-corrected chi connectivity index (χ0v) is 3.99. The van der Waals surface area contributed by atoms with Crippen molar-refractivity contribution in [3.8, 4) is 0 Å². The van der Waals surface area contributed by atoms with Gasteiger partial charge in [-0.05, 0) is 0 Å². The van der Waals surface area contributed by atoms with Crippen LogP contribution in [0.1, 0.15) is 0 Å². The van der Waals surface area contributed by atoms with E-state index in [2.05, 4.69) is 6.58 Å². The van der Waals surface area contributed by atoms with E-state index in [9.17, 15) is 0 Å². The van der Waals surface area contributed by atoms with Gasteiger partial charge in [0.05, 0.1) is 0 Å². The predicted octanol–water partition coefficient (Wildman–Crippen LogP) is -0.0346. The molecular weight excluding hydrogens is 104 g/mol.